The van der Waals surface area contributed by atoms with Crippen molar-refractivity contribution in [2.75, 3.05) is 0 Å². The average molecular weight is 1360 g/mol. The third-order valence-electron chi connectivity index (χ3n) is 21.8. The Labute approximate surface area is 603 Å². The second kappa shape index (κ2) is 22.5. The van der Waals surface area contributed by atoms with Crippen LogP contribution in [0.4, 0.5) is 5.69 Å². The van der Waals surface area contributed by atoms with Gasteiger partial charge in [0.1, 0.15) is 11.6 Å². The molecule has 8 heteroatoms. The zero-order chi connectivity index (χ0) is 68.4. The summed E-state index contributed by atoms with van der Waals surface area (Å²) in [5.74, 6) is 0. The van der Waals surface area contributed by atoms with E-state index in [1.165, 1.54) is 10.8 Å². The summed E-state index contributed by atoms with van der Waals surface area (Å²) < 4.78 is 14.0. The Hall–Kier alpha value is -13.6. The lowest BCUT2D eigenvalue weighted by Gasteiger charge is -2.27. The van der Waals surface area contributed by atoms with Gasteiger partial charge in [-0.05, 0) is 104 Å². The van der Waals surface area contributed by atoms with Gasteiger partial charge in [0, 0.05) is 74.0 Å². The molecule has 0 aliphatic heterocycles. The van der Waals surface area contributed by atoms with E-state index in [0.29, 0.717) is 34.0 Å². The Bertz CT molecular complexity index is 7470. The van der Waals surface area contributed by atoms with E-state index in [9.17, 15) is 11.8 Å². The summed E-state index contributed by atoms with van der Waals surface area (Å²) in [5, 5.41) is 28.8. The monoisotopic (exact) mass is 1350 g/mol. The molecule has 0 fully saturated rings. The van der Waals surface area contributed by atoms with Gasteiger partial charge in [0.15, 0.2) is 0 Å². The lowest BCUT2D eigenvalue weighted by Crippen LogP contribution is -2.14. The molecule has 0 saturated carbocycles. The molecule has 0 unspecified atom stereocenters. The van der Waals surface area contributed by atoms with Gasteiger partial charge >= 0.3 is 0 Å². The molecule has 6 nitrogen and oxygen atoms in total. The van der Waals surface area contributed by atoms with Gasteiger partial charge in [-0.3, -0.25) is 0 Å². The summed E-state index contributed by atoms with van der Waals surface area (Å²) in [6.45, 7) is 10.7. The Kier molecular flexibility index (Phi) is 12.6. The fourth-order valence-corrected chi connectivity index (χ4v) is 20.0. The van der Waals surface area contributed by atoms with Gasteiger partial charge in [-0.15, -0.1) is 22.7 Å². The highest BCUT2D eigenvalue weighted by molar-refractivity contribution is 7.27. The lowest BCUT2D eigenvalue weighted by atomic mass is 9.91. The van der Waals surface area contributed by atoms with E-state index in [2.05, 4.69) is 352 Å². The number of thiophene rings is 2. The van der Waals surface area contributed by atoms with E-state index in [1.54, 1.807) is 22.7 Å². The number of aromatic nitrogens is 4. The zero-order valence-corrected chi connectivity index (χ0v) is 57.3. The van der Waals surface area contributed by atoms with Crippen LogP contribution in [0.15, 0.2) is 328 Å². The molecule has 0 amide bonds. The minimum atomic E-state index is 0.380. The first-order valence-electron chi connectivity index (χ1n) is 35.1. The van der Waals surface area contributed by atoms with E-state index in [0.717, 1.165) is 172 Å². The van der Waals surface area contributed by atoms with Gasteiger partial charge in [0.2, 0.25) is 5.69 Å². The molecule has 0 bridgehead atoms. The van der Waals surface area contributed by atoms with Crippen molar-refractivity contribution in [1.29, 1.82) is 5.26 Å². The molecule has 6 aromatic heterocycles. The molecule has 480 valence electrons. The van der Waals surface area contributed by atoms with Crippen LogP contribution < -0.4 is 0 Å². The van der Waals surface area contributed by atoms with Crippen LogP contribution in [-0.2, 0) is 0 Å². The van der Waals surface area contributed by atoms with Gasteiger partial charge in [0.25, 0.3) is 0 Å². The minimum absolute atomic E-state index is 0.380. The number of para-hydroxylation sites is 4. The molecule has 22 rings (SSSR count). The van der Waals surface area contributed by atoms with Crippen molar-refractivity contribution in [1.82, 2.24) is 18.3 Å². The average Bonchev–Trinajstić information content (AvgIpc) is 1.48. The van der Waals surface area contributed by atoms with Crippen molar-refractivity contribution in [2.24, 2.45) is 0 Å². The number of hydrogen-bond donors (Lipinski definition) is 0. The number of nitrogens with zero attached hydrogens (tertiary/aromatic N) is 6. The van der Waals surface area contributed by atoms with Crippen LogP contribution in [0.5, 0.6) is 0 Å². The Morgan fingerprint density at radius 2 is 0.673 bits per heavy atom. The van der Waals surface area contributed by atoms with Crippen molar-refractivity contribution >= 4 is 167 Å². The van der Waals surface area contributed by atoms with E-state index in [1.807, 2.05) is 0 Å². The van der Waals surface area contributed by atoms with Crippen molar-refractivity contribution < 1.29 is 0 Å². The first-order valence-corrected chi connectivity index (χ1v) is 36.7. The zero-order valence-electron chi connectivity index (χ0n) is 55.7. The highest BCUT2D eigenvalue weighted by Crippen LogP contribution is 2.56. The highest BCUT2D eigenvalue weighted by Gasteiger charge is 2.36. The van der Waals surface area contributed by atoms with E-state index >= 15 is 0 Å². The van der Waals surface area contributed by atoms with Crippen molar-refractivity contribution in [2.45, 2.75) is 0 Å². The SMILES string of the molecule is [C-]#[N+]c1c(-n2c3ccccc3c3ccccc32)c(-n2c3cc(-c4ccccc4-c4cccc5ccccc45)ccc3c3ccc4c5ccccc5sc4c32)c(C#N)c(-n2c3ccccc3c3ccccc32)c1-n1c2cccc(-c3ccccc3-c3ccccc3)c2c2ccc3c4ccccc4sc3c21. The Morgan fingerprint density at radius 1 is 0.279 bits per heavy atom. The molecule has 0 spiro atoms. The fourth-order valence-electron chi connectivity index (χ4n) is 17.6. The summed E-state index contributed by atoms with van der Waals surface area (Å²) in [7, 11) is 0. The van der Waals surface area contributed by atoms with Gasteiger partial charge in [-0.1, -0.05) is 279 Å². The maximum atomic E-state index is 13.7. The maximum absolute atomic E-state index is 13.7. The Balaban J connectivity index is 1.00. The van der Waals surface area contributed by atoms with Crippen molar-refractivity contribution in [3.63, 3.8) is 0 Å². The molecule has 0 aliphatic carbocycles. The molecular formula is C96H54N6S2. The molecule has 0 radical (unpaired) electrons. The fraction of sp³-hybridized carbons (Fsp3) is 0. The topological polar surface area (TPSA) is 47.9 Å². The molecule has 0 N–H and O–H groups in total. The third kappa shape index (κ3) is 8.12. The van der Waals surface area contributed by atoms with Crippen LogP contribution in [0.25, 0.3) is 210 Å². The van der Waals surface area contributed by atoms with E-state index < -0.39 is 0 Å². The van der Waals surface area contributed by atoms with Crippen LogP contribution in [-0.4, -0.2) is 18.3 Å². The van der Waals surface area contributed by atoms with Crippen LogP contribution in [0, 0.1) is 17.9 Å². The largest absolute Gasteiger partial charge is 0.317 e. The number of rotatable bonds is 8. The predicted molar refractivity (Wildman–Crippen MR) is 440 cm³/mol. The van der Waals surface area contributed by atoms with Crippen LogP contribution in [0.1, 0.15) is 5.56 Å². The van der Waals surface area contributed by atoms with E-state index in [4.69, 9.17) is 4.85 Å². The molecule has 22 aromatic rings. The number of fused-ring (bicyclic) bond motifs is 21. The standard InChI is InChI=1S/C96H54N6S2/c1-98-88-93(100-81-44-19-13-36-68(81)69-37-14-20-45-82(69)100)90(102-84-55-59(62-31-8-9-32-63(62)64-40-23-28-58-27-5-6-29-60(58)64)49-50-70(84)74-51-52-75-71-38-15-21-47-85(71)103-95(75)91(74)102)78(56-97)89(99-79-42-17-11-34-66(79)67-35-12-18-43-80(67)99)94(88)101-83-46-24-41-73(65-33-10-7-30-61(65)57-25-3-2-4-26-57)87(83)77-54-53-76-72-39-16-22-48-86(72)104-96(76)92(77)101/h2-55H. The lowest BCUT2D eigenvalue weighted by molar-refractivity contribution is 1.04. The third-order valence-corrected chi connectivity index (χ3v) is 24.2. The minimum Gasteiger partial charge on any atom is -0.317 e. The molecular weight excluding hydrogens is 1300 g/mol. The summed E-state index contributed by atoms with van der Waals surface area (Å²) in [6, 6.07) is 121. The van der Waals surface area contributed by atoms with Crippen LogP contribution in [0.2, 0.25) is 0 Å². The molecule has 6 heterocycles. The first-order chi connectivity index (χ1) is 51.6. The van der Waals surface area contributed by atoms with Gasteiger partial charge in [-0.25, -0.2) is 4.85 Å². The summed E-state index contributed by atoms with van der Waals surface area (Å²) >= 11 is 3.56. The summed E-state index contributed by atoms with van der Waals surface area (Å²) in [4.78, 5) is 5.21. The normalized spacial score (nSPS) is 12.0. The molecule has 0 aliphatic rings. The molecule has 104 heavy (non-hydrogen) atoms. The van der Waals surface area contributed by atoms with Crippen LogP contribution in [0.3, 0.4) is 0 Å². The highest BCUT2D eigenvalue weighted by atomic mass is 32.1. The molecule has 16 aromatic carbocycles. The molecule has 0 atom stereocenters. The number of nitriles is 1. The second-order valence-electron chi connectivity index (χ2n) is 27.0. The molecule has 0 saturated heterocycles. The van der Waals surface area contributed by atoms with Gasteiger partial charge in [-0.2, -0.15) is 5.26 Å². The smallest absolute Gasteiger partial charge is 0.238 e. The quantitative estimate of drug-likeness (QED) is 0.140. The number of hydrogen-bond acceptors (Lipinski definition) is 3. The van der Waals surface area contributed by atoms with Gasteiger partial charge in [0.05, 0.1) is 82.9 Å². The second-order valence-corrected chi connectivity index (χ2v) is 29.1. The first kappa shape index (κ1) is 58.2. The maximum Gasteiger partial charge on any atom is 0.238 e. The summed E-state index contributed by atoms with van der Waals surface area (Å²) in [5.41, 5.74) is 19.2. The number of benzene rings is 16. The van der Waals surface area contributed by atoms with Crippen LogP contribution >= 0.6 is 22.7 Å². The van der Waals surface area contributed by atoms with Gasteiger partial charge < -0.3 is 18.3 Å². The Morgan fingerprint density at radius 3 is 1.28 bits per heavy atom. The summed E-state index contributed by atoms with van der Waals surface area (Å²) in [6.07, 6.45) is 0. The van der Waals surface area contributed by atoms with E-state index in [-0.39, 0.29) is 0 Å². The van der Waals surface area contributed by atoms with Crippen molar-refractivity contribution in [3.05, 3.63) is 345 Å². The predicted octanol–water partition coefficient (Wildman–Crippen LogP) is 27.1. The van der Waals surface area contributed by atoms with Crippen molar-refractivity contribution in [3.8, 4) is 73.3 Å².